The van der Waals surface area contributed by atoms with Crippen LogP contribution in [0.3, 0.4) is 0 Å². The highest BCUT2D eigenvalue weighted by Crippen LogP contribution is 2.27. The largest absolute Gasteiger partial charge is 0.462 e. The Kier molecular flexibility index (Phi) is 4.06. The highest BCUT2D eigenvalue weighted by molar-refractivity contribution is 7.98. The Morgan fingerprint density at radius 1 is 1.32 bits per heavy atom. The molecule has 4 rings (SSSR count). The smallest absolute Gasteiger partial charge is 0.271 e. The molecule has 4 heterocycles. The Morgan fingerprint density at radius 3 is 2.92 bits per heavy atom. The average Bonchev–Trinajstić information content (AvgIpc) is 3.34. The van der Waals surface area contributed by atoms with E-state index < -0.39 is 0 Å². The third-order valence-electron chi connectivity index (χ3n) is 3.48. The van der Waals surface area contributed by atoms with E-state index >= 15 is 0 Å². The molecule has 25 heavy (non-hydrogen) atoms. The van der Waals surface area contributed by atoms with Gasteiger partial charge in [-0.1, -0.05) is 11.8 Å². The summed E-state index contributed by atoms with van der Waals surface area (Å²) >= 11 is 3.02. The first kappa shape index (κ1) is 15.9. The molecular formula is C15H15N7OS2. The number of nitrogens with two attached hydrogens (primary N) is 1. The van der Waals surface area contributed by atoms with Crippen LogP contribution in [0.15, 0.2) is 39.4 Å². The van der Waals surface area contributed by atoms with E-state index in [4.69, 9.17) is 10.3 Å². The first-order valence-corrected chi connectivity index (χ1v) is 9.33. The molecule has 0 unspecified atom stereocenters. The zero-order valence-corrected chi connectivity index (χ0v) is 15.2. The molecule has 0 saturated heterocycles. The SMILES string of the molecule is Cc1cc(C)n(-c2nnc(SCc3csc(-c4ccco4)n3)n2N)n1. The topological polar surface area (TPSA) is 101 Å². The Morgan fingerprint density at radius 2 is 2.20 bits per heavy atom. The maximum atomic E-state index is 6.14. The van der Waals surface area contributed by atoms with Crippen molar-refractivity contribution in [1.82, 2.24) is 29.6 Å². The van der Waals surface area contributed by atoms with Crippen LogP contribution in [-0.4, -0.2) is 29.6 Å². The summed E-state index contributed by atoms with van der Waals surface area (Å²) in [5.74, 6) is 8.04. The predicted molar refractivity (Wildman–Crippen MR) is 96.1 cm³/mol. The summed E-state index contributed by atoms with van der Waals surface area (Å²) in [5.41, 5.74) is 2.80. The van der Waals surface area contributed by atoms with Crippen molar-refractivity contribution in [2.45, 2.75) is 24.8 Å². The van der Waals surface area contributed by atoms with Crippen LogP contribution in [0.2, 0.25) is 0 Å². The zero-order valence-electron chi connectivity index (χ0n) is 13.6. The molecule has 0 saturated carbocycles. The lowest BCUT2D eigenvalue weighted by Crippen LogP contribution is -2.17. The monoisotopic (exact) mass is 373 g/mol. The molecule has 0 aromatic carbocycles. The fraction of sp³-hybridized carbons (Fsp3) is 0.200. The maximum Gasteiger partial charge on any atom is 0.271 e. The molecule has 0 aliphatic heterocycles. The highest BCUT2D eigenvalue weighted by atomic mass is 32.2. The average molecular weight is 373 g/mol. The van der Waals surface area contributed by atoms with Crippen molar-refractivity contribution in [3.05, 3.63) is 46.9 Å². The Hall–Kier alpha value is -2.59. The number of hydrogen-bond donors (Lipinski definition) is 1. The van der Waals surface area contributed by atoms with Gasteiger partial charge in [0.15, 0.2) is 10.8 Å². The van der Waals surface area contributed by atoms with Gasteiger partial charge in [-0.2, -0.15) is 5.10 Å². The van der Waals surface area contributed by atoms with Crippen LogP contribution in [0.5, 0.6) is 0 Å². The molecule has 0 spiro atoms. The molecule has 2 N–H and O–H groups in total. The summed E-state index contributed by atoms with van der Waals surface area (Å²) in [6, 6.07) is 5.71. The van der Waals surface area contributed by atoms with Crippen molar-refractivity contribution in [2.75, 3.05) is 5.84 Å². The van der Waals surface area contributed by atoms with E-state index in [1.165, 1.54) is 16.4 Å². The summed E-state index contributed by atoms with van der Waals surface area (Å²) < 4.78 is 8.50. The van der Waals surface area contributed by atoms with E-state index in [0.717, 1.165) is 27.8 Å². The fourth-order valence-electron chi connectivity index (χ4n) is 2.37. The Balaban J connectivity index is 1.50. The van der Waals surface area contributed by atoms with Crippen LogP contribution in [0.1, 0.15) is 17.1 Å². The van der Waals surface area contributed by atoms with Gasteiger partial charge in [-0.25, -0.2) is 14.3 Å². The van der Waals surface area contributed by atoms with Crippen molar-refractivity contribution in [3.8, 4) is 16.7 Å². The minimum atomic E-state index is 0.489. The number of hydrogen-bond acceptors (Lipinski definition) is 8. The lowest BCUT2D eigenvalue weighted by molar-refractivity contribution is 0.581. The van der Waals surface area contributed by atoms with Crippen molar-refractivity contribution in [2.24, 2.45) is 0 Å². The fourth-order valence-corrected chi connectivity index (χ4v) is 4.00. The lowest BCUT2D eigenvalue weighted by Gasteiger charge is -2.04. The third-order valence-corrected chi connectivity index (χ3v) is 5.36. The molecule has 0 bridgehead atoms. The molecule has 10 heteroatoms. The van der Waals surface area contributed by atoms with E-state index in [1.807, 2.05) is 37.4 Å². The number of nitrogens with zero attached hydrogens (tertiary/aromatic N) is 6. The van der Waals surface area contributed by atoms with Gasteiger partial charge in [-0.3, -0.25) is 0 Å². The molecule has 0 aliphatic carbocycles. The van der Waals surface area contributed by atoms with Gasteiger partial charge < -0.3 is 10.3 Å². The molecule has 0 aliphatic rings. The molecule has 0 atom stereocenters. The second kappa shape index (κ2) is 6.37. The zero-order chi connectivity index (χ0) is 17.4. The van der Waals surface area contributed by atoms with E-state index in [-0.39, 0.29) is 0 Å². The number of aromatic nitrogens is 6. The van der Waals surface area contributed by atoms with Crippen LogP contribution >= 0.6 is 23.1 Å². The van der Waals surface area contributed by atoms with Crippen LogP contribution in [0, 0.1) is 13.8 Å². The number of rotatable bonds is 5. The van der Waals surface area contributed by atoms with E-state index in [9.17, 15) is 0 Å². The molecule has 128 valence electrons. The molecule has 0 fully saturated rings. The highest BCUT2D eigenvalue weighted by Gasteiger charge is 2.16. The number of nitrogen functional groups attached to an aromatic ring is 1. The molecule has 0 radical (unpaired) electrons. The van der Waals surface area contributed by atoms with Gasteiger partial charge in [-0.15, -0.1) is 21.5 Å². The van der Waals surface area contributed by atoms with Gasteiger partial charge in [0.1, 0.15) is 0 Å². The Bertz CT molecular complexity index is 999. The molecule has 4 aromatic heterocycles. The maximum absolute atomic E-state index is 6.14. The van der Waals surface area contributed by atoms with Crippen LogP contribution < -0.4 is 5.84 Å². The van der Waals surface area contributed by atoms with E-state index in [0.29, 0.717) is 16.9 Å². The summed E-state index contributed by atoms with van der Waals surface area (Å²) in [4.78, 5) is 4.57. The second-order valence-electron chi connectivity index (χ2n) is 5.40. The van der Waals surface area contributed by atoms with Crippen LogP contribution in [0.4, 0.5) is 0 Å². The van der Waals surface area contributed by atoms with Crippen molar-refractivity contribution >= 4 is 23.1 Å². The van der Waals surface area contributed by atoms with Crippen molar-refractivity contribution in [1.29, 1.82) is 0 Å². The van der Waals surface area contributed by atoms with Gasteiger partial charge >= 0.3 is 0 Å². The number of furan rings is 1. The van der Waals surface area contributed by atoms with Gasteiger partial charge in [-0.05, 0) is 32.0 Å². The number of aryl methyl sites for hydroxylation is 2. The molecular weight excluding hydrogens is 358 g/mol. The first-order valence-electron chi connectivity index (χ1n) is 7.47. The minimum Gasteiger partial charge on any atom is -0.462 e. The quantitative estimate of drug-likeness (QED) is 0.424. The van der Waals surface area contributed by atoms with Crippen LogP contribution in [0.25, 0.3) is 16.7 Å². The summed E-state index contributed by atoms with van der Waals surface area (Å²) in [5, 5.41) is 16.2. The second-order valence-corrected chi connectivity index (χ2v) is 7.20. The van der Waals surface area contributed by atoms with Crippen molar-refractivity contribution in [3.63, 3.8) is 0 Å². The van der Waals surface area contributed by atoms with Crippen LogP contribution in [-0.2, 0) is 5.75 Å². The molecule has 8 nitrogen and oxygen atoms in total. The molecule has 0 amide bonds. The Labute approximate surface area is 151 Å². The first-order chi connectivity index (χ1) is 12.1. The number of thioether (sulfide) groups is 1. The number of thiazole rings is 1. The van der Waals surface area contributed by atoms with Crippen molar-refractivity contribution < 1.29 is 4.42 Å². The minimum absolute atomic E-state index is 0.489. The third kappa shape index (κ3) is 3.05. The van der Waals surface area contributed by atoms with E-state index in [2.05, 4.69) is 20.3 Å². The van der Waals surface area contributed by atoms with Gasteiger partial charge in [0, 0.05) is 16.8 Å². The van der Waals surface area contributed by atoms with Gasteiger partial charge in [0.25, 0.3) is 5.95 Å². The van der Waals surface area contributed by atoms with E-state index in [1.54, 1.807) is 22.3 Å². The summed E-state index contributed by atoms with van der Waals surface area (Å²) in [6.45, 7) is 3.88. The standard InChI is InChI=1S/C15H15N7OS2/c1-9-6-10(2)22(20-9)14-18-19-15(21(14)16)25-8-11-7-24-13(17-11)12-4-3-5-23-12/h3-7H,8,16H2,1-2H3. The van der Waals surface area contributed by atoms with Gasteiger partial charge in [0.2, 0.25) is 5.16 Å². The lowest BCUT2D eigenvalue weighted by atomic mass is 10.4. The predicted octanol–water partition coefficient (Wildman–Crippen LogP) is 2.80. The van der Waals surface area contributed by atoms with Gasteiger partial charge in [0.05, 0.1) is 17.7 Å². The summed E-state index contributed by atoms with van der Waals surface area (Å²) in [6.07, 6.45) is 1.64. The normalized spacial score (nSPS) is 11.3. The summed E-state index contributed by atoms with van der Waals surface area (Å²) in [7, 11) is 0. The molecule has 4 aromatic rings.